The van der Waals surface area contributed by atoms with E-state index in [4.69, 9.17) is 5.73 Å². The molecule has 0 spiro atoms. The monoisotopic (exact) mass is 412 g/mol. The number of nitrogens with one attached hydrogen (secondary N) is 2. The first kappa shape index (κ1) is 21.5. The maximum absolute atomic E-state index is 12.8. The number of aromatic amines is 1. The summed E-state index contributed by atoms with van der Waals surface area (Å²) >= 11 is 0. The van der Waals surface area contributed by atoms with E-state index in [1.54, 1.807) is 4.57 Å². The van der Waals surface area contributed by atoms with Gasteiger partial charge in [0.1, 0.15) is 11.3 Å². The fraction of sp³-hybridized carbons (Fsp3) is 0.429. The summed E-state index contributed by atoms with van der Waals surface area (Å²) < 4.78 is 2.82. The molecule has 0 fully saturated rings. The van der Waals surface area contributed by atoms with Crippen LogP contribution < -0.4 is 22.3 Å². The van der Waals surface area contributed by atoms with E-state index in [9.17, 15) is 14.4 Å². The SMILES string of the molecule is CCCn1c(=O)c2[nH]c(-c3ccc(CC(=O)NCCN)cc3)nc2n(CCC)c1=O. The van der Waals surface area contributed by atoms with E-state index >= 15 is 0 Å². The van der Waals surface area contributed by atoms with Gasteiger partial charge in [0.2, 0.25) is 5.91 Å². The first-order valence-corrected chi connectivity index (χ1v) is 10.3. The zero-order valence-electron chi connectivity index (χ0n) is 17.4. The minimum atomic E-state index is -0.351. The maximum atomic E-state index is 12.8. The molecule has 3 rings (SSSR count). The van der Waals surface area contributed by atoms with Crippen molar-refractivity contribution >= 4 is 17.1 Å². The Morgan fingerprint density at radius 3 is 2.40 bits per heavy atom. The van der Waals surface area contributed by atoms with E-state index in [-0.39, 0.29) is 23.6 Å². The number of amides is 1. The highest BCUT2D eigenvalue weighted by molar-refractivity contribution is 5.79. The average molecular weight is 412 g/mol. The fourth-order valence-electron chi connectivity index (χ4n) is 3.39. The second-order valence-corrected chi connectivity index (χ2v) is 7.19. The average Bonchev–Trinajstić information content (AvgIpc) is 3.19. The van der Waals surface area contributed by atoms with E-state index in [1.165, 1.54) is 4.57 Å². The van der Waals surface area contributed by atoms with Crippen molar-refractivity contribution in [2.45, 2.75) is 46.2 Å². The number of nitrogens with two attached hydrogens (primary N) is 1. The van der Waals surface area contributed by atoms with Crippen LogP contribution in [0.25, 0.3) is 22.6 Å². The van der Waals surface area contributed by atoms with Crippen molar-refractivity contribution < 1.29 is 4.79 Å². The summed E-state index contributed by atoms with van der Waals surface area (Å²) in [6.45, 7) is 5.61. The van der Waals surface area contributed by atoms with Crippen LogP contribution in [0.2, 0.25) is 0 Å². The molecular weight excluding hydrogens is 384 g/mol. The predicted molar refractivity (Wildman–Crippen MR) is 116 cm³/mol. The highest BCUT2D eigenvalue weighted by Crippen LogP contribution is 2.19. The number of imidazole rings is 1. The maximum Gasteiger partial charge on any atom is 0.332 e. The molecule has 0 aliphatic heterocycles. The largest absolute Gasteiger partial charge is 0.355 e. The lowest BCUT2D eigenvalue weighted by Crippen LogP contribution is -2.40. The van der Waals surface area contributed by atoms with Crippen LogP contribution in [-0.4, -0.2) is 38.1 Å². The first-order chi connectivity index (χ1) is 14.5. The summed E-state index contributed by atoms with van der Waals surface area (Å²) in [5.74, 6) is 0.428. The van der Waals surface area contributed by atoms with Gasteiger partial charge in [-0.25, -0.2) is 9.78 Å². The first-order valence-electron chi connectivity index (χ1n) is 10.3. The zero-order valence-corrected chi connectivity index (χ0v) is 17.4. The van der Waals surface area contributed by atoms with Crippen LogP contribution in [0.15, 0.2) is 33.9 Å². The van der Waals surface area contributed by atoms with Crippen molar-refractivity contribution in [1.29, 1.82) is 0 Å². The lowest BCUT2D eigenvalue weighted by atomic mass is 10.1. The molecule has 1 aromatic carbocycles. The Bertz CT molecular complexity index is 1140. The normalized spacial score (nSPS) is 11.2. The van der Waals surface area contributed by atoms with Crippen LogP contribution in [-0.2, 0) is 24.3 Å². The molecule has 3 aromatic rings. The third kappa shape index (κ3) is 4.35. The molecule has 0 saturated heterocycles. The van der Waals surface area contributed by atoms with Crippen LogP contribution in [0, 0.1) is 0 Å². The second-order valence-electron chi connectivity index (χ2n) is 7.19. The van der Waals surface area contributed by atoms with E-state index in [1.807, 2.05) is 38.1 Å². The lowest BCUT2D eigenvalue weighted by molar-refractivity contribution is -0.120. The van der Waals surface area contributed by atoms with Gasteiger partial charge >= 0.3 is 5.69 Å². The van der Waals surface area contributed by atoms with Gasteiger partial charge in [0.25, 0.3) is 5.56 Å². The minimum absolute atomic E-state index is 0.0861. The van der Waals surface area contributed by atoms with Crippen molar-refractivity contribution in [1.82, 2.24) is 24.4 Å². The summed E-state index contributed by atoms with van der Waals surface area (Å²) in [6.07, 6.45) is 1.70. The van der Waals surface area contributed by atoms with E-state index < -0.39 is 0 Å². The standard InChI is InChI=1S/C21H28N6O3/c1-3-11-26-19-17(20(29)27(12-4-2)21(26)30)24-18(25-19)15-7-5-14(6-8-15)13-16(28)23-10-9-22/h5-8H,3-4,9-13,22H2,1-2H3,(H,23,28)(H,24,25). The Hall–Kier alpha value is -3.20. The Balaban J connectivity index is 1.98. The third-order valence-electron chi connectivity index (χ3n) is 4.81. The van der Waals surface area contributed by atoms with Gasteiger partial charge < -0.3 is 16.0 Å². The molecule has 0 atom stereocenters. The van der Waals surface area contributed by atoms with Crippen LogP contribution in [0.4, 0.5) is 0 Å². The van der Waals surface area contributed by atoms with E-state index in [2.05, 4.69) is 15.3 Å². The number of rotatable bonds is 9. The molecule has 30 heavy (non-hydrogen) atoms. The minimum Gasteiger partial charge on any atom is -0.355 e. The summed E-state index contributed by atoms with van der Waals surface area (Å²) in [7, 11) is 0. The summed E-state index contributed by atoms with van der Waals surface area (Å²) in [4.78, 5) is 45.1. The Morgan fingerprint density at radius 1 is 1.10 bits per heavy atom. The van der Waals surface area contributed by atoms with Gasteiger partial charge in [-0.2, -0.15) is 0 Å². The van der Waals surface area contributed by atoms with Gasteiger partial charge in [-0.15, -0.1) is 0 Å². The number of carbonyl (C=O) groups excluding carboxylic acids is 1. The predicted octanol–water partition coefficient (Wildman–Crippen LogP) is 0.991. The molecule has 0 saturated carbocycles. The van der Waals surface area contributed by atoms with Gasteiger partial charge in [-0.1, -0.05) is 38.1 Å². The number of fused-ring (bicyclic) bond motifs is 1. The van der Waals surface area contributed by atoms with Crippen molar-refractivity contribution in [3.8, 4) is 11.4 Å². The Kier molecular flexibility index (Phi) is 6.83. The molecule has 0 aliphatic carbocycles. The number of hydrogen-bond acceptors (Lipinski definition) is 5. The van der Waals surface area contributed by atoms with Crippen molar-refractivity contribution in [3.63, 3.8) is 0 Å². The number of H-pyrrole nitrogens is 1. The van der Waals surface area contributed by atoms with Crippen molar-refractivity contribution in [3.05, 3.63) is 50.7 Å². The number of hydrogen-bond donors (Lipinski definition) is 3. The van der Waals surface area contributed by atoms with Gasteiger partial charge in [-0.3, -0.25) is 18.7 Å². The molecule has 2 aromatic heterocycles. The van der Waals surface area contributed by atoms with Gasteiger partial charge in [0, 0.05) is 31.7 Å². The topological polar surface area (TPSA) is 128 Å². The number of carbonyl (C=O) groups is 1. The molecule has 0 aliphatic rings. The lowest BCUT2D eigenvalue weighted by Gasteiger charge is -2.09. The van der Waals surface area contributed by atoms with Gasteiger partial charge in [0.15, 0.2) is 5.65 Å². The van der Waals surface area contributed by atoms with E-state index in [0.29, 0.717) is 49.6 Å². The number of aryl methyl sites for hydroxylation is 1. The highest BCUT2D eigenvalue weighted by Gasteiger charge is 2.17. The number of benzene rings is 1. The molecule has 4 N–H and O–H groups in total. The van der Waals surface area contributed by atoms with Crippen LogP contribution >= 0.6 is 0 Å². The molecule has 9 heteroatoms. The summed E-state index contributed by atoms with van der Waals surface area (Å²) in [5.41, 5.74) is 7.05. The van der Waals surface area contributed by atoms with Gasteiger partial charge in [-0.05, 0) is 18.4 Å². The smallest absolute Gasteiger partial charge is 0.332 e. The van der Waals surface area contributed by atoms with Crippen molar-refractivity contribution in [2.75, 3.05) is 13.1 Å². The quantitative estimate of drug-likeness (QED) is 0.483. The van der Waals surface area contributed by atoms with Gasteiger partial charge in [0.05, 0.1) is 6.42 Å². The molecule has 1 amide bonds. The van der Waals surface area contributed by atoms with E-state index in [0.717, 1.165) is 17.5 Å². The summed E-state index contributed by atoms with van der Waals surface area (Å²) in [6, 6.07) is 7.38. The molecule has 0 bridgehead atoms. The number of aromatic nitrogens is 4. The molecule has 9 nitrogen and oxygen atoms in total. The zero-order chi connectivity index (χ0) is 21.7. The van der Waals surface area contributed by atoms with Crippen LogP contribution in [0.5, 0.6) is 0 Å². The van der Waals surface area contributed by atoms with Crippen LogP contribution in [0.3, 0.4) is 0 Å². The molecule has 0 unspecified atom stereocenters. The number of nitrogens with zero attached hydrogens (tertiary/aromatic N) is 3. The third-order valence-corrected chi connectivity index (χ3v) is 4.81. The fourth-order valence-corrected chi connectivity index (χ4v) is 3.39. The van der Waals surface area contributed by atoms with Crippen molar-refractivity contribution in [2.24, 2.45) is 5.73 Å². The molecule has 2 heterocycles. The highest BCUT2D eigenvalue weighted by atomic mass is 16.2. The second kappa shape index (κ2) is 9.53. The Labute approximate surface area is 173 Å². The molecule has 160 valence electrons. The Morgan fingerprint density at radius 2 is 1.77 bits per heavy atom. The molecular formula is C21H28N6O3. The van der Waals surface area contributed by atoms with Crippen LogP contribution in [0.1, 0.15) is 32.3 Å². The summed E-state index contributed by atoms with van der Waals surface area (Å²) in [5, 5.41) is 2.74. The molecule has 0 radical (unpaired) electrons.